The number of methoxy groups -OCH3 is 2. The molecule has 0 heterocycles. The lowest BCUT2D eigenvalue weighted by Crippen LogP contribution is -2.48. The third kappa shape index (κ3) is 4.79. The standard InChI is InChI=1S/C18H30O5S/c1-13(2)16(23-24(8,19)20)18(21-6,22-7)15-11-9-14(10-12-15)17(3,4)5/h9-13,16H,1-8H3. The quantitative estimate of drug-likeness (QED) is 0.552. The fourth-order valence-electron chi connectivity index (χ4n) is 2.72. The van der Waals surface area contributed by atoms with Crippen LogP contribution in [0.4, 0.5) is 0 Å². The van der Waals surface area contributed by atoms with E-state index >= 15 is 0 Å². The second-order valence-corrected chi connectivity index (χ2v) is 8.97. The van der Waals surface area contributed by atoms with Crippen LogP contribution in [0.5, 0.6) is 0 Å². The van der Waals surface area contributed by atoms with E-state index in [0.29, 0.717) is 5.56 Å². The van der Waals surface area contributed by atoms with Gasteiger partial charge in [-0.1, -0.05) is 58.9 Å². The van der Waals surface area contributed by atoms with Gasteiger partial charge in [0.2, 0.25) is 5.79 Å². The lowest BCUT2D eigenvalue weighted by atomic mass is 9.85. The molecule has 0 aliphatic rings. The average Bonchev–Trinajstić information content (AvgIpc) is 2.46. The molecule has 0 amide bonds. The number of hydrogen-bond acceptors (Lipinski definition) is 5. The van der Waals surface area contributed by atoms with Crippen molar-refractivity contribution in [1.29, 1.82) is 0 Å². The second kappa shape index (κ2) is 7.52. The van der Waals surface area contributed by atoms with Crippen LogP contribution >= 0.6 is 0 Å². The smallest absolute Gasteiger partial charge is 0.264 e. The minimum atomic E-state index is -3.67. The van der Waals surface area contributed by atoms with Crippen LogP contribution in [-0.2, 0) is 35.0 Å². The maximum atomic E-state index is 11.7. The third-order valence-corrected chi connectivity index (χ3v) is 4.58. The molecule has 0 saturated carbocycles. The maximum absolute atomic E-state index is 11.7. The van der Waals surface area contributed by atoms with Crippen molar-refractivity contribution in [2.24, 2.45) is 5.92 Å². The van der Waals surface area contributed by atoms with Crippen LogP contribution in [0.3, 0.4) is 0 Å². The normalized spacial score (nSPS) is 14.9. The molecule has 0 saturated heterocycles. The van der Waals surface area contributed by atoms with Crippen molar-refractivity contribution in [1.82, 2.24) is 0 Å². The molecule has 0 N–H and O–H groups in total. The lowest BCUT2D eigenvalue weighted by molar-refractivity contribution is -0.270. The van der Waals surface area contributed by atoms with Crippen LogP contribution in [-0.4, -0.2) is 35.0 Å². The van der Waals surface area contributed by atoms with Crippen molar-refractivity contribution in [3.05, 3.63) is 35.4 Å². The van der Waals surface area contributed by atoms with Crippen molar-refractivity contribution in [2.75, 3.05) is 20.5 Å². The molecule has 0 aliphatic heterocycles. The van der Waals surface area contributed by atoms with Crippen molar-refractivity contribution in [3.63, 3.8) is 0 Å². The predicted octanol–water partition coefficient (Wildman–Crippen LogP) is 3.43. The highest BCUT2D eigenvalue weighted by Gasteiger charge is 2.46. The van der Waals surface area contributed by atoms with Crippen molar-refractivity contribution in [2.45, 2.75) is 51.9 Å². The molecule has 6 heteroatoms. The molecule has 0 aliphatic carbocycles. The van der Waals surface area contributed by atoms with Gasteiger partial charge in [0.05, 0.1) is 6.26 Å². The Morgan fingerprint density at radius 3 is 1.62 bits per heavy atom. The van der Waals surface area contributed by atoms with E-state index in [4.69, 9.17) is 13.7 Å². The van der Waals surface area contributed by atoms with Gasteiger partial charge in [0, 0.05) is 19.8 Å². The fourth-order valence-corrected chi connectivity index (χ4v) is 3.45. The minimum absolute atomic E-state index is 0.0159. The first-order valence-electron chi connectivity index (χ1n) is 7.97. The monoisotopic (exact) mass is 358 g/mol. The van der Waals surface area contributed by atoms with Gasteiger partial charge in [-0.05, 0) is 16.9 Å². The summed E-state index contributed by atoms with van der Waals surface area (Å²) in [5.74, 6) is -1.46. The van der Waals surface area contributed by atoms with E-state index < -0.39 is 22.0 Å². The molecular formula is C18H30O5S. The first kappa shape index (κ1) is 21.1. The van der Waals surface area contributed by atoms with Gasteiger partial charge in [-0.2, -0.15) is 8.42 Å². The molecule has 0 fully saturated rings. The van der Waals surface area contributed by atoms with Gasteiger partial charge in [-0.25, -0.2) is 0 Å². The second-order valence-electron chi connectivity index (χ2n) is 7.37. The molecular weight excluding hydrogens is 328 g/mol. The molecule has 1 rings (SSSR count). The zero-order valence-electron chi connectivity index (χ0n) is 15.9. The third-order valence-electron chi connectivity index (χ3n) is 4.02. The lowest BCUT2D eigenvalue weighted by Gasteiger charge is -2.39. The number of hydrogen-bond donors (Lipinski definition) is 0. The first-order valence-corrected chi connectivity index (χ1v) is 9.78. The number of ether oxygens (including phenoxy) is 2. The highest BCUT2D eigenvalue weighted by atomic mass is 32.2. The molecule has 138 valence electrons. The Labute approximate surface area is 146 Å². The summed E-state index contributed by atoms with van der Waals surface area (Å²) in [7, 11) is -0.695. The summed E-state index contributed by atoms with van der Waals surface area (Å²) >= 11 is 0. The summed E-state index contributed by atoms with van der Waals surface area (Å²) in [6.45, 7) is 10.1. The Kier molecular flexibility index (Phi) is 6.61. The topological polar surface area (TPSA) is 61.8 Å². The van der Waals surface area contributed by atoms with E-state index in [1.807, 2.05) is 38.1 Å². The molecule has 5 nitrogen and oxygen atoms in total. The fraction of sp³-hybridized carbons (Fsp3) is 0.667. The molecule has 24 heavy (non-hydrogen) atoms. The van der Waals surface area contributed by atoms with E-state index in [1.165, 1.54) is 14.2 Å². The van der Waals surface area contributed by atoms with Gasteiger partial charge in [0.1, 0.15) is 6.10 Å². The highest BCUT2D eigenvalue weighted by molar-refractivity contribution is 7.86. The highest BCUT2D eigenvalue weighted by Crippen LogP contribution is 2.37. The molecule has 0 bridgehead atoms. The molecule has 0 aromatic heterocycles. The van der Waals surface area contributed by atoms with Crippen molar-refractivity contribution in [3.8, 4) is 0 Å². The summed E-state index contributed by atoms with van der Waals surface area (Å²) in [5, 5.41) is 0. The van der Waals surface area contributed by atoms with Crippen molar-refractivity contribution >= 4 is 10.1 Å². The van der Waals surface area contributed by atoms with Crippen LogP contribution < -0.4 is 0 Å². The summed E-state index contributed by atoms with van der Waals surface area (Å²) in [5.41, 5.74) is 1.89. The number of rotatable bonds is 7. The Morgan fingerprint density at radius 2 is 1.33 bits per heavy atom. The van der Waals surface area contributed by atoms with Crippen LogP contribution in [0.2, 0.25) is 0 Å². The van der Waals surface area contributed by atoms with E-state index in [1.54, 1.807) is 0 Å². The summed E-state index contributed by atoms with van der Waals surface area (Å²) in [6.07, 6.45) is 0.212. The Morgan fingerprint density at radius 1 is 0.917 bits per heavy atom. The number of benzene rings is 1. The van der Waals surface area contributed by atoms with E-state index in [9.17, 15) is 8.42 Å². The Balaban J connectivity index is 3.41. The Hall–Kier alpha value is -0.950. The first-order chi connectivity index (χ1) is 10.9. The Bertz CT molecular complexity index is 622. The predicted molar refractivity (Wildman–Crippen MR) is 95.4 cm³/mol. The van der Waals surface area contributed by atoms with Crippen LogP contribution in [0.25, 0.3) is 0 Å². The van der Waals surface area contributed by atoms with Gasteiger partial charge in [0.25, 0.3) is 10.1 Å². The largest absolute Gasteiger partial charge is 0.347 e. The minimum Gasteiger partial charge on any atom is -0.347 e. The van der Waals surface area contributed by atoms with E-state index in [2.05, 4.69) is 20.8 Å². The summed E-state index contributed by atoms with van der Waals surface area (Å²) in [6, 6.07) is 7.79. The molecule has 0 radical (unpaired) electrons. The van der Waals surface area contributed by atoms with Crippen LogP contribution in [0, 0.1) is 5.92 Å². The zero-order chi connectivity index (χ0) is 18.8. The van der Waals surface area contributed by atoms with Gasteiger partial charge in [-0.15, -0.1) is 0 Å². The average molecular weight is 359 g/mol. The van der Waals surface area contributed by atoms with Crippen LogP contribution in [0.1, 0.15) is 45.7 Å². The molecule has 1 atom stereocenters. The molecule has 1 aromatic carbocycles. The SMILES string of the molecule is COC(OC)(c1ccc(C(C)(C)C)cc1)C(OS(C)(=O)=O)C(C)C. The van der Waals surface area contributed by atoms with Gasteiger partial charge in [0.15, 0.2) is 0 Å². The molecule has 1 unspecified atom stereocenters. The van der Waals surface area contributed by atoms with Gasteiger partial charge < -0.3 is 9.47 Å². The van der Waals surface area contributed by atoms with E-state index in [-0.39, 0.29) is 11.3 Å². The molecule has 1 aromatic rings. The van der Waals surface area contributed by atoms with Gasteiger partial charge in [-0.3, -0.25) is 4.18 Å². The summed E-state index contributed by atoms with van der Waals surface area (Å²) in [4.78, 5) is 0. The van der Waals surface area contributed by atoms with Gasteiger partial charge >= 0.3 is 0 Å². The summed E-state index contributed by atoms with van der Waals surface area (Å²) < 4.78 is 40.0. The van der Waals surface area contributed by atoms with Crippen molar-refractivity contribution < 1.29 is 22.1 Å². The zero-order valence-corrected chi connectivity index (χ0v) is 16.7. The maximum Gasteiger partial charge on any atom is 0.264 e. The van der Waals surface area contributed by atoms with Crippen LogP contribution in [0.15, 0.2) is 24.3 Å². The van der Waals surface area contributed by atoms with E-state index in [0.717, 1.165) is 11.8 Å². The molecule has 0 spiro atoms.